The predicted molar refractivity (Wildman–Crippen MR) is 109 cm³/mol. The van der Waals surface area contributed by atoms with Crippen molar-refractivity contribution in [2.45, 2.75) is 45.3 Å². The molecule has 154 valence electrons. The first-order chi connectivity index (χ1) is 14.1. The fraction of sp³-hybridized carbons (Fsp3) is 0.391. The van der Waals surface area contributed by atoms with Crippen LogP contribution in [-0.4, -0.2) is 31.2 Å². The van der Waals surface area contributed by atoms with Gasteiger partial charge in [-0.15, -0.1) is 0 Å². The van der Waals surface area contributed by atoms with E-state index in [0.717, 1.165) is 24.8 Å². The molecule has 2 aromatic rings. The van der Waals surface area contributed by atoms with Crippen LogP contribution in [0.15, 0.2) is 48.5 Å². The van der Waals surface area contributed by atoms with Crippen molar-refractivity contribution in [1.29, 1.82) is 0 Å². The highest BCUT2D eigenvalue weighted by Crippen LogP contribution is 2.30. The smallest absolute Gasteiger partial charge is 0.339 e. The van der Waals surface area contributed by atoms with Crippen molar-refractivity contribution >= 4 is 11.9 Å². The van der Waals surface area contributed by atoms with Gasteiger partial charge in [0.25, 0.3) is 5.91 Å². The maximum atomic E-state index is 12.6. The normalized spacial score (nSPS) is 15.0. The summed E-state index contributed by atoms with van der Waals surface area (Å²) in [6.07, 6.45) is 1.59. The molecule has 1 amide bonds. The van der Waals surface area contributed by atoms with Gasteiger partial charge in [-0.3, -0.25) is 4.79 Å². The molecule has 2 aromatic carbocycles. The zero-order valence-corrected chi connectivity index (χ0v) is 16.9. The second-order valence-corrected chi connectivity index (χ2v) is 7.02. The summed E-state index contributed by atoms with van der Waals surface area (Å²) < 4.78 is 16.6. The van der Waals surface area contributed by atoms with Gasteiger partial charge < -0.3 is 19.5 Å². The van der Waals surface area contributed by atoms with E-state index in [0.29, 0.717) is 30.3 Å². The number of nitrogens with one attached hydrogen (secondary N) is 1. The molecule has 1 aliphatic heterocycles. The molecular weight excluding hydrogens is 370 g/mol. The molecule has 0 spiro atoms. The third-order valence-corrected chi connectivity index (χ3v) is 4.73. The summed E-state index contributed by atoms with van der Waals surface area (Å²) >= 11 is 0. The van der Waals surface area contributed by atoms with Crippen LogP contribution in [0.5, 0.6) is 11.5 Å². The number of carbonyl (C=O) groups excluding carboxylic acids is 2. The lowest BCUT2D eigenvalue weighted by Crippen LogP contribution is -2.38. The molecule has 3 rings (SSSR count). The standard InChI is InChI=1S/C23H27NO5/c1-3-8-19(17-9-5-4-6-10-17)24-22(25)16(2)29-23(26)18-11-12-20-21(15-18)28-14-7-13-27-20/h4-6,9-12,15-16,19H,3,7-8,13-14H2,1-2H3,(H,24,25)/t16-,19+/m1/s1. The Balaban J connectivity index is 1.62. The van der Waals surface area contributed by atoms with E-state index >= 15 is 0 Å². The van der Waals surface area contributed by atoms with Crippen molar-refractivity contribution in [3.05, 3.63) is 59.7 Å². The Morgan fingerprint density at radius 1 is 1.07 bits per heavy atom. The molecule has 0 saturated heterocycles. The molecule has 2 atom stereocenters. The van der Waals surface area contributed by atoms with Crippen LogP contribution in [0.25, 0.3) is 0 Å². The Labute approximate surface area is 171 Å². The van der Waals surface area contributed by atoms with E-state index < -0.39 is 12.1 Å². The first-order valence-corrected chi connectivity index (χ1v) is 10.0. The number of fused-ring (bicyclic) bond motifs is 1. The molecule has 0 bridgehead atoms. The lowest BCUT2D eigenvalue weighted by Gasteiger charge is -2.21. The number of benzene rings is 2. The third kappa shape index (κ3) is 5.50. The molecule has 6 nitrogen and oxygen atoms in total. The van der Waals surface area contributed by atoms with Gasteiger partial charge in [0.2, 0.25) is 0 Å². The molecule has 1 heterocycles. The van der Waals surface area contributed by atoms with Gasteiger partial charge in [-0.1, -0.05) is 43.7 Å². The quantitative estimate of drug-likeness (QED) is 0.714. The van der Waals surface area contributed by atoms with Crippen molar-refractivity contribution in [2.75, 3.05) is 13.2 Å². The molecule has 6 heteroatoms. The first-order valence-electron chi connectivity index (χ1n) is 10.0. The summed E-state index contributed by atoms with van der Waals surface area (Å²) in [6, 6.07) is 14.6. The van der Waals surface area contributed by atoms with Crippen LogP contribution in [0.1, 0.15) is 55.1 Å². The molecule has 1 aliphatic rings. The second-order valence-electron chi connectivity index (χ2n) is 7.02. The molecule has 0 unspecified atom stereocenters. The topological polar surface area (TPSA) is 73.9 Å². The Morgan fingerprint density at radius 3 is 2.52 bits per heavy atom. The Morgan fingerprint density at radius 2 is 1.79 bits per heavy atom. The van der Waals surface area contributed by atoms with Crippen LogP contribution in [0, 0.1) is 0 Å². The van der Waals surface area contributed by atoms with Gasteiger partial charge in [0.15, 0.2) is 17.6 Å². The van der Waals surface area contributed by atoms with Gasteiger partial charge in [-0.25, -0.2) is 4.79 Å². The maximum absolute atomic E-state index is 12.6. The molecule has 0 aromatic heterocycles. The van der Waals surface area contributed by atoms with Gasteiger partial charge in [0, 0.05) is 6.42 Å². The molecule has 1 N–H and O–H groups in total. The van der Waals surface area contributed by atoms with Gasteiger partial charge in [-0.05, 0) is 37.1 Å². The minimum Gasteiger partial charge on any atom is -0.490 e. The summed E-state index contributed by atoms with van der Waals surface area (Å²) in [5, 5.41) is 2.99. The van der Waals surface area contributed by atoms with Crippen molar-refractivity contribution in [2.24, 2.45) is 0 Å². The van der Waals surface area contributed by atoms with Gasteiger partial charge in [-0.2, -0.15) is 0 Å². The van der Waals surface area contributed by atoms with E-state index in [9.17, 15) is 9.59 Å². The highest BCUT2D eigenvalue weighted by molar-refractivity contribution is 5.93. The van der Waals surface area contributed by atoms with Crippen LogP contribution >= 0.6 is 0 Å². The summed E-state index contributed by atoms with van der Waals surface area (Å²) in [6.45, 7) is 4.75. The Hall–Kier alpha value is -3.02. The second kappa shape index (κ2) is 9.96. The Kier molecular flexibility index (Phi) is 7.11. The summed E-state index contributed by atoms with van der Waals surface area (Å²) in [5.74, 6) is 0.223. The van der Waals surface area contributed by atoms with E-state index in [2.05, 4.69) is 12.2 Å². The zero-order valence-electron chi connectivity index (χ0n) is 16.9. The van der Waals surface area contributed by atoms with Gasteiger partial charge in [0.05, 0.1) is 24.8 Å². The first kappa shape index (κ1) is 20.7. The molecule has 0 saturated carbocycles. The summed E-state index contributed by atoms with van der Waals surface area (Å²) in [7, 11) is 0. The van der Waals surface area contributed by atoms with Gasteiger partial charge >= 0.3 is 5.97 Å². The van der Waals surface area contributed by atoms with Crippen molar-refractivity contribution < 1.29 is 23.8 Å². The average molecular weight is 397 g/mol. The number of esters is 1. The highest BCUT2D eigenvalue weighted by atomic mass is 16.5. The van der Waals surface area contributed by atoms with Crippen molar-refractivity contribution in [1.82, 2.24) is 5.32 Å². The number of hydrogen-bond acceptors (Lipinski definition) is 5. The van der Waals surface area contributed by atoms with Crippen LogP contribution in [0.4, 0.5) is 0 Å². The van der Waals surface area contributed by atoms with Crippen molar-refractivity contribution in [3.63, 3.8) is 0 Å². The lowest BCUT2D eigenvalue weighted by molar-refractivity contribution is -0.129. The average Bonchev–Trinajstić information content (AvgIpc) is 2.98. The highest BCUT2D eigenvalue weighted by Gasteiger charge is 2.23. The number of ether oxygens (including phenoxy) is 3. The molecule has 29 heavy (non-hydrogen) atoms. The minimum atomic E-state index is -0.915. The van der Waals surface area contributed by atoms with Crippen LogP contribution in [0.3, 0.4) is 0 Å². The summed E-state index contributed by atoms with van der Waals surface area (Å²) in [4.78, 5) is 25.1. The van der Waals surface area contributed by atoms with E-state index in [4.69, 9.17) is 14.2 Å². The van der Waals surface area contributed by atoms with Crippen molar-refractivity contribution in [3.8, 4) is 11.5 Å². The van der Waals surface area contributed by atoms with E-state index in [-0.39, 0.29) is 11.9 Å². The van der Waals surface area contributed by atoms with E-state index in [1.54, 1.807) is 25.1 Å². The predicted octanol–water partition coefficient (Wildman–Crippen LogP) is 4.05. The number of amides is 1. The third-order valence-electron chi connectivity index (χ3n) is 4.73. The minimum absolute atomic E-state index is 0.118. The SMILES string of the molecule is CCC[C@H](NC(=O)[C@@H](C)OC(=O)c1ccc2c(c1)OCCCO2)c1ccccc1. The number of rotatable bonds is 7. The monoisotopic (exact) mass is 397 g/mol. The fourth-order valence-electron chi connectivity index (χ4n) is 3.16. The number of hydrogen-bond donors (Lipinski definition) is 1. The summed E-state index contributed by atoms with van der Waals surface area (Å²) in [5.41, 5.74) is 1.35. The molecule has 0 radical (unpaired) electrons. The van der Waals surface area contributed by atoms with Crippen LogP contribution < -0.4 is 14.8 Å². The maximum Gasteiger partial charge on any atom is 0.339 e. The largest absolute Gasteiger partial charge is 0.490 e. The molecular formula is C23H27NO5. The van der Waals surface area contributed by atoms with E-state index in [1.807, 2.05) is 30.3 Å². The fourth-order valence-corrected chi connectivity index (χ4v) is 3.16. The molecule has 0 fully saturated rings. The number of carbonyl (C=O) groups is 2. The lowest BCUT2D eigenvalue weighted by atomic mass is 10.0. The molecule has 0 aliphatic carbocycles. The van der Waals surface area contributed by atoms with Crippen LogP contribution in [-0.2, 0) is 9.53 Å². The Bertz CT molecular complexity index is 836. The van der Waals surface area contributed by atoms with Crippen LogP contribution in [0.2, 0.25) is 0 Å². The van der Waals surface area contributed by atoms with Gasteiger partial charge in [0.1, 0.15) is 0 Å². The zero-order chi connectivity index (χ0) is 20.6. The van der Waals surface area contributed by atoms with E-state index in [1.165, 1.54) is 0 Å².